The maximum Gasteiger partial charge on any atom is 0.251 e. The number of hydrogen-bond donors (Lipinski definition) is 2. The fourth-order valence-corrected chi connectivity index (χ4v) is 5.65. The van der Waals surface area contributed by atoms with Crippen molar-refractivity contribution >= 4 is 23.6 Å². The molecule has 0 unspecified atom stereocenters. The van der Waals surface area contributed by atoms with Crippen LogP contribution in [0.15, 0.2) is 72.8 Å². The highest BCUT2D eigenvalue weighted by Crippen LogP contribution is 2.25. The molecule has 4 bridgehead atoms. The van der Waals surface area contributed by atoms with E-state index in [9.17, 15) is 19.2 Å². The summed E-state index contributed by atoms with van der Waals surface area (Å²) in [6.45, 7) is 3.23. The molecule has 0 aromatic heterocycles. The Hall–Kier alpha value is -4.90. The van der Waals surface area contributed by atoms with E-state index in [-0.39, 0.29) is 68.8 Å². The van der Waals surface area contributed by atoms with Crippen molar-refractivity contribution < 1.29 is 33.4 Å². The Labute approximate surface area is 268 Å². The van der Waals surface area contributed by atoms with E-state index in [1.54, 1.807) is 29.2 Å². The summed E-state index contributed by atoms with van der Waals surface area (Å²) in [5.74, 6) is 0.902. The zero-order valence-electron chi connectivity index (χ0n) is 26.2. The lowest BCUT2D eigenvalue weighted by Gasteiger charge is -2.39. The monoisotopic (exact) mass is 628 g/mol. The molecule has 11 nitrogen and oxygen atoms in total. The highest BCUT2D eigenvalue weighted by atomic mass is 16.5. The Bertz CT molecular complexity index is 1560. The second-order valence-corrected chi connectivity index (χ2v) is 11.4. The third-order valence-electron chi connectivity index (χ3n) is 8.13. The standard InChI is InChI=1S/C35H40N4O7/c1-3-38-22-32(40)37-30-21-39(33(41)13-15-36-35(43)26-9-6-10-27(20-26)44-2)16-14-31(30)45-23-25-8-5-12-29(18-25)46-28-11-4-7-24(17-28)19-34(38)42/h4-12,17-18,20,30-31H,3,13-16,19,21-23H2,1-2H3,(H,36,43)(H,37,40)/t30-,31-/m0/s1. The van der Waals surface area contributed by atoms with Gasteiger partial charge < -0.3 is 34.6 Å². The summed E-state index contributed by atoms with van der Waals surface area (Å²) >= 11 is 0. The fraction of sp³-hybridized carbons (Fsp3) is 0.371. The summed E-state index contributed by atoms with van der Waals surface area (Å²) < 4.78 is 17.6. The van der Waals surface area contributed by atoms with Crippen LogP contribution in [0.25, 0.3) is 0 Å². The van der Waals surface area contributed by atoms with Crippen LogP contribution in [0, 0.1) is 0 Å². The largest absolute Gasteiger partial charge is 0.497 e. The van der Waals surface area contributed by atoms with E-state index in [1.165, 1.54) is 12.0 Å². The van der Waals surface area contributed by atoms with E-state index >= 15 is 0 Å². The number of methoxy groups -OCH3 is 1. The van der Waals surface area contributed by atoms with Crippen molar-refractivity contribution in [3.05, 3.63) is 89.5 Å². The number of likely N-dealkylation sites (tertiary alicyclic amines) is 1. The van der Waals surface area contributed by atoms with Crippen LogP contribution in [-0.4, -0.2) is 85.4 Å². The molecule has 46 heavy (non-hydrogen) atoms. The first-order valence-corrected chi connectivity index (χ1v) is 15.6. The average molecular weight is 629 g/mol. The van der Waals surface area contributed by atoms with Crippen LogP contribution in [0.3, 0.4) is 0 Å². The number of hydrogen-bond acceptors (Lipinski definition) is 7. The van der Waals surface area contributed by atoms with Crippen molar-refractivity contribution in [2.45, 2.75) is 44.9 Å². The van der Waals surface area contributed by atoms with E-state index in [4.69, 9.17) is 14.2 Å². The van der Waals surface area contributed by atoms with Crippen molar-refractivity contribution in [1.29, 1.82) is 0 Å². The summed E-state index contributed by atoms with van der Waals surface area (Å²) in [4.78, 5) is 55.4. The minimum absolute atomic E-state index is 0.105. The lowest BCUT2D eigenvalue weighted by atomic mass is 10.0. The van der Waals surface area contributed by atoms with E-state index in [2.05, 4.69) is 10.6 Å². The molecular weight excluding hydrogens is 588 g/mol. The number of carbonyl (C=O) groups excluding carboxylic acids is 4. The van der Waals surface area contributed by atoms with E-state index in [0.717, 1.165) is 11.1 Å². The molecule has 2 atom stereocenters. The molecule has 2 N–H and O–H groups in total. The van der Waals surface area contributed by atoms with Gasteiger partial charge in [0.25, 0.3) is 5.91 Å². The number of likely N-dealkylation sites (N-methyl/N-ethyl adjacent to an activating group) is 1. The van der Waals surface area contributed by atoms with Gasteiger partial charge in [0, 0.05) is 38.2 Å². The number of piperidine rings is 1. The molecule has 2 aliphatic heterocycles. The van der Waals surface area contributed by atoms with Crippen LogP contribution in [0.5, 0.6) is 17.2 Å². The van der Waals surface area contributed by atoms with Gasteiger partial charge >= 0.3 is 0 Å². The maximum atomic E-state index is 13.3. The SMILES string of the molecule is CCN1CC(=O)N[C@H]2CN(C(=O)CCNC(=O)c3cccc(OC)c3)CC[C@@H]2OCc2cccc(c2)Oc2cccc(c2)CC1=O. The highest BCUT2D eigenvalue weighted by molar-refractivity contribution is 5.94. The molecule has 1 saturated heterocycles. The van der Waals surface area contributed by atoms with Crippen LogP contribution < -0.4 is 20.1 Å². The predicted octanol–water partition coefficient (Wildman–Crippen LogP) is 3.31. The van der Waals surface area contributed by atoms with Crippen molar-refractivity contribution in [2.24, 2.45) is 0 Å². The topological polar surface area (TPSA) is 127 Å². The predicted molar refractivity (Wildman–Crippen MR) is 171 cm³/mol. The zero-order chi connectivity index (χ0) is 32.5. The number of ether oxygens (including phenoxy) is 3. The average Bonchev–Trinajstić information content (AvgIpc) is 3.06. The smallest absolute Gasteiger partial charge is 0.251 e. The first-order valence-electron chi connectivity index (χ1n) is 15.6. The summed E-state index contributed by atoms with van der Waals surface area (Å²) in [7, 11) is 1.53. The Morgan fingerprint density at radius 3 is 2.50 bits per heavy atom. The van der Waals surface area contributed by atoms with Crippen LogP contribution in [0.4, 0.5) is 0 Å². The number of fused-ring (bicyclic) bond motifs is 5. The molecule has 0 radical (unpaired) electrons. The number of carbonyl (C=O) groups is 4. The number of nitrogens with zero attached hydrogens (tertiary/aromatic N) is 2. The van der Waals surface area contributed by atoms with Gasteiger partial charge in [-0.1, -0.05) is 30.3 Å². The second kappa shape index (κ2) is 15.4. The third-order valence-corrected chi connectivity index (χ3v) is 8.13. The maximum absolute atomic E-state index is 13.3. The van der Waals surface area contributed by atoms with E-state index in [1.807, 2.05) is 55.5 Å². The second-order valence-electron chi connectivity index (χ2n) is 11.4. The third kappa shape index (κ3) is 8.63. The molecule has 5 rings (SSSR count). The first-order chi connectivity index (χ1) is 22.3. The van der Waals surface area contributed by atoms with Gasteiger partial charge in [-0.2, -0.15) is 0 Å². The number of nitrogens with one attached hydrogen (secondary N) is 2. The van der Waals surface area contributed by atoms with Gasteiger partial charge in [-0.3, -0.25) is 19.2 Å². The van der Waals surface area contributed by atoms with E-state index in [0.29, 0.717) is 42.3 Å². The molecule has 0 saturated carbocycles. The first kappa shape index (κ1) is 32.5. The molecule has 11 heteroatoms. The van der Waals surface area contributed by atoms with E-state index < -0.39 is 6.04 Å². The minimum atomic E-state index is -0.490. The summed E-state index contributed by atoms with van der Waals surface area (Å²) in [5.41, 5.74) is 2.13. The minimum Gasteiger partial charge on any atom is -0.497 e. The molecule has 0 spiro atoms. The molecule has 0 aliphatic carbocycles. The van der Waals surface area contributed by atoms with Gasteiger partial charge in [0.15, 0.2) is 0 Å². The van der Waals surface area contributed by atoms with Crippen LogP contribution in [0.1, 0.15) is 41.3 Å². The molecule has 4 amide bonds. The highest BCUT2D eigenvalue weighted by Gasteiger charge is 2.33. The normalized spacial score (nSPS) is 18.8. The molecule has 2 aliphatic rings. The van der Waals surface area contributed by atoms with Crippen molar-refractivity contribution in [2.75, 3.05) is 39.8 Å². The Kier molecular flexibility index (Phi) is 10.9. The van der Waals surface area contributed by atoms with Crippen molar-refractivity contribution in [3.8, 4) is 17.2 Å². The molecule has 3 aromatic carbocycles. The van der Waals surface area contributed by atoms with Gasteiger partial charge in [0.2, 0.25) is 17.7 Å². The molecular formula is C35H40N4O7. The Morgan fingerprint density at radius 2 is 1.74 bits per heavy atom. The Morgan fingerprint density at radius 1 is 1.00 bits per heavy atom. The summed E-state index contributed by atoms with van der Waals surface area (Å²) in [6.07, 6.45) is 0.380. The number of rotatable bonds is 6. The van der Waals surface area contributed by atoms with Crippen LogP contribution >= 0.6 is 0 Å². The lowest BCUT2D eigenvalue weighted by molar-refractivity contribution is -0.139. The van der Waals surface area contributed by atoms with Crippen molar-refractivity contribution in [3.63, 3.8) is 0 Å². The molecule has 3 aromatic rings. The molecule has 2 heterocycles. The van der Waals surface area contributed by atoms with Crippen LogP contribution in [-0.2, 0) is 32.1 Å². The van der Waals surface area contributed by atoms with Gasteiger partial charge in [0.1, 0.15) is 17.2 Å². The summed E-state index contributed by atoms with van der Waals surface area (Å²) in [6, 6.07) is 21.3. The number of benzene rings is 3. The van der Waals surface area contributed by atoms with Crippen LogP contribution in [0.2, 0.25) is 0 Å². The van der Waals surface area contributed by atoms with Gasteiger partial charge in [-0.05, 0) is 66.9 Å². The molecule has 1 fully saturated rings. The van der Waals surface area contributed by atoms with Gasteiger partial charge in [-0.25, -0.2) is 0 Å². The van der Waals surface area contributed by atoms with Crippen molar-refractivity contribution in [1.82, 2.24) is 20.4 Å². The van der Waals surface area contributed by atoms with Gasteiger partial charge in [-0.15, -0.1) is 0 Å². The molecule has 242 valence electrons. The number of amides is 4. The summed E-state index contributed by atoms with van der Waals surface area (Å²) in [5, 5.41) is 5.84. The van der Waals surface area contributed by atoms with Gasteiger partial charge in [0.05, 0.1) is 38.8 Å². The lowest BCUT2D eigenvalue weighted by Crippen LogP contribution is -2.58. The zero-order valence-corrected chi connectivity index (χ0v) is 26.2. The quantitative estimate of drug-likeness (QED) is 0.429. The Balaban J connectivity index is 1.26. The fourth-order valence-electron chi connectivity index (χ4n) is 5.65.